The second kappa shape index (κ2) is 6.86. The second-order valence-corrected chi connectivity index (χ2v) is 6.46. The third kappa shape index (κ3) is 4.12. The predicted molar refractivity (Wildman–Crippen MR) is 87.6 cm³/mol. The van der Waals surface area contributed by atoms with Gasteiger partial charge < -0.3 is 14.7 Å². The van der Waals surface area contributed by atoms with E-state index in [0.717, 1.165) is 0 Å². The minimum Gasteiger partial charge on any atom is -0.490 e. The van der Waals surface area contributed by atoms with Crippen molar-refractivity contribution in [1.82, 2.24) is 4.90 Å². The van der Waals surface area contributed by atoms with Gasteiger partial charge in [-0.25, -0.2) is 0 Å². The summed E-state index contributed by atoms with van der Waals surface area (Å²) >= 11 is 0. The molecule has 0 spiro atoms. The van der Waals surface area contributed by atoms with E-state index < -0.39 is 11.4 Å². The Balaban J connectivity index is 2.06. The Morgan fingerprint density at radius 2 is 2.13 bits per heavy atom. The maximum atomic E-state index is 12.6. The SMILES string of the molecule is CC(C)=CCOc1cccc(C(=O)N2CCC(C)(C(=O)O)C2)c1. The first kappa shape index (κ1) is 17.1. The van der Waals surface area contributed by atoms with Crippen LogP contribution in [0.3, 0.4) is 0 Å². The maximum Gasteiger partial charge on any atom is 0.311 e. The smallest absolute Gasteiger partial charge is 0.311 e. The number of aliphatic carboxylic acids is 1. The standard InChI is InChI=1S/C18H23NO4/c1-13(2)7-10-23-15-6-4-5-14(11-15)16(20)19-9-8-18(3,12-19)17(21)22/h4-7,11H,8-10,12H2,1-3H3,(H,21,22). The first-order valence-corrected chi connectivity index (χ1v) is 7.71. The first-order chi connectivity index (χ1) is 10.8. The fourth-order valence-electron chi connectivity index (χ4n) is 2.52. The van der Waals surface area contributed by atoms with Crippen LogP contribution in [0.4, 0.5) is 0 Å². The lowest BCUT2D eigenvalue weighted by molar-refractivity contribution is -0.147. The third-order valence-corrected chi connectivity index (χ3v) is 4.10. The Morgan fingerprint density at radius 1 is 1.39 bits per heavy atom. The number of carboxylic acid groups (broad SMARTS) is 1. The van der Waals surface area contributed by atoms with Gasteiger partial charge in [-0.3, -0.25) is 9.59 Å². The van der Waals surface area contributed by atoms with E-state index in [4.69, 9.17) is 4.74 Å². The molecule has 0 aliphatic carbocycles. The average molecular weight is 317 g/mol. The number of rotatable bonds is 5. The molecule has 1 N–H and O–H groups in total. The van der Waals surface area contributed by atoms with Crippen LogP contribution in [0.2, 0.25) is 0 Å². The quantitative estimate of drug-likeness (QED) is 0.848. The van der Waals surface area contributed by atoms with Crippen molar-refractivity contribution < 1.29 is 19.4 Å². The lowest BCUT2D eigenvalue weighted by Crippen LogP contribution is -2.34. The zero-order chi connectivity index (χ0) is 17.0. The summed E-state index contributed by atoms with van der Waals surface area (Å²) in [6, 6.07) is 7.02. The van der Waals surface area contributed by atoms with Crippen molar-refractivity contribution in [2.45, 2.75) is 27.2 Å². The highest BCUT2D eigenvalue weighted by molar-refractivity contribution is 5.95. The number of carbonyl (C=O) groups is 2. The van der Waals surface area contributed by atoms with Gasteiger partial charge in [-0.2, -0.15) is 0 Å². The van der Waals surface area contributed by atoms with Gasteiger partial charge >= 0.3 is 5.97 Å². The van der Waals surface area contributed by atoms with Gasteiger partial charge in [-0.1, -0.05) is 11.6 Å². The summed E-state index contributed by atoms with van der Waals surface area (Å²) in [5.41, 5.74) is 0.837. The van der Waals surface area contributed by atoms with Gasteiger partial charge in [0.1, 0.15) is 12.4 Å². The molecule has 2 rings (SSSR count). The molecule has 5 nitrogen and oxygen atoms in total. The predicted octanol–water partition coefficient (Wildman–Crippen LogP) is 2.97. The summed E-state index contributed by atoms with van der Waals surface area (Å²) in [6.07, 6.45) is 2.44. The molecule has 0 saturated carbocycles. The van der Waals surface area contributed by atoms with Crippen molar-refractivity contribution in [3.05, 3.63) is 41.5 Å². The maximum absolute atomic E-state index is 12.6. The monoisotopic (exact) mass is 317 g/mol. The number of hydrogen-bond acceptors (Lipinski definition) is 3. The van der Waals surface area contributed by atoms with Crippen molar-refractivity contribution in [2.75, 3.05) is 19.7 Å². The van der Waals surface area contributed by atoms with Gasteiger partial charge in [0.25, 0.3) is 5.91 Å². The summed E-state index contributed by atoms with van der Waals surface area (Å²) in [5.74, 6) is -0.372. The Hall–Kier alpha value is -2.30. The number of amides is 1. The van der Waals surface area contributed by atoms with Crippen LogP contribution in [-0.4, -0.2) is 41.6 Å². The lowest BCUT2D eigenvalue weighted by atomic mass is 9.90. The largest absolute Gasteiger partial charge is 0.490 e. The topological polar surface area (TPSA) is 66.8 Å². The molecule has 0 radical (unpaired) electrons. The van der Waals surface area contributed by atoms with E-state index in [9.17, 15) is 14.7 Å². The van der Waals surface area contributed by atoms with E-state index in [1.165, 1.54) is 5.57 Å². The first-order valence-electron chi connectivity index (χ1n) is 7.71. The van der Waals surface area contributed by atoms with Crippen LogP contribution < -0.4 is 4.74 Å². The molecule has 1 aromatic rings. The van der Waals surface area contributed by atoms with Gasteiger partial charge in [-0.05, 0) is 51.5 Å². The number of hydrogen-bond donors (Lipinski definition) is 1. The fourth-order valence-corrected chi connectivity index (χ4v) is 2.52. The van der Waals surface area contributed by atoms with Crippen LogP contribution in [0.25, 0.3) is 0 Å². The van der Waals surface area contributed by atoms with Gasteiger partial charge in [0, 0.05) is 18.7 Å². The zero-order valence-electron chi connectivity index (χ0n) is 13.8. The van der Waals surface area contributed by atoms with Crippen LogP contribution in [-0.2, 0) is 4.79 Å². The van der Waals surface area contributed by atoms with Crippen LogP contribution in [0.1, 0.15) is 37.6 Å². The molecule has 1 aliphatic heterocycles. The number of likely N-dealkylation sites (tertiary alicyclic amines) is 1. The third-order valence-electron chi connectivity index (χ3n) is 4.10. The van der Waals surface area contributed by atoms with Crippen molar-refractivity contribution in [3.8, 4) is 5.75 Å². The van der Waals surface area contributed by atoms with Gasteiger partial charge in [0.15, 0.2) is 0 Å². The second-order valence-electron chi connectivity index (χ2n) is 6.46. The molecule has 1 saturated heterocycles. The highest BCUT2D eigenvalue weighted by atomic mass is 16.5. The van der Waals surface area contributed by atoms with Crippen molar-refractivity contribution in [2.24, 2.45) is 5.41 Å². The summed E-state index contributed by atoms with van der Waals surface area (Å²) in [6.45, 7) is 6.84. The molecule has 5 heteroatoms. The fraction of sp³-hybridized carbons (Fsp3) is 0.444. The Morgan fingerprint density at radius 3 is 2.74 bits per heavy atom. The molecular weight excluding hydrogens is 294 g/mol. The van der Waals surface area contributed by atoms with E-state index in [1.54, 1.807) is 36.1 Å². The Labute approximate surface area is 136 Å². The molecule has 1 heterocycles. The molecule has 1 aliphatic rings. The van der Waals surface area contributed by atoms with Crippen LogP contribution in [0.5, 0.6) is 5.75 Å². The molecular formula is C18H23NO4. The van der Waals surface area contributed by atoms with E-state index in [0.29, 0.717) is 30.9 Å². The van der Waals surface area contributed by atoms with E-state index >= 15 is 0 Å². The minimum atomic E-state index is -0.855. The highest BCUT2D eigenvalue weighted by Gasteiger charge is 2.42. The number of ether oxygens (including phenoxy) is 1. The molecule has 1 amide bonds. The van der Waals surface area contributed by atoms with Gasteiger partial charge in [0.05, 0.1) is 5.41 Å². The molecule has 0 bridgehead atoms. The van der Waals surface area contributed by atoms with Crippen molar-refractivity contribution >= 4 is 11.9 Å². The molecule has 124 valence electrons. The Kier molecular flexibility index (Phi) is 5.08. The zero-order valence-corrected chi connectivity index (χ0v) is 13.8. The number of benzene rings is 1. The Bertz CT molecular complexity index is 634. The van der Waals surface area contributed by atoms with E-state index in [1.807, 2.05) is 19.9 Å². The summed E-state index contributed by atoms with van der Waals surface area (Å²) in [4.78, 5) is 25.4. The van der Waals surface area contributed by atoms with E-state index in [-0.39, 0.29) is 12.5 Å². The molecule has 1 atom stereocenters. The molecule has 1 fully saturated rings. The molecule has 1 aromatic carbocycles. The minimum absolute atomic E-state index is 0.150. The highest BCUT2D eigenvalue weighted by Crippen LogP contribution is 2.31. The van der Waals surface area contributed by atoms with Gasteiger partial charge in [0.2, 0.25) is 0 Å². The number of nitrogens with zero attached hydrogens (tertiary/aromatic N) is 1. The summed E-state index contributed by atoms with van der Waals surface area (Å²) in [7, 11) is 0. The van der Waals surface area contributed by atoms with Gasteiger partial charge in [-0.15, -0.1) is 0 Å². The molecule has 0 aromatic heterocycles. The van der Waals surface area contributed by atoms with Crippen molar-refractivity contribution in [1.29, 1.82) is 0 Å². The van der Waals surface area contributed by atoms with Crippen LogP contribution >= 0.6 is 0 Å². The molecule has 1 unspecified atom stereocenters. The number of allylic oxidation sites excluding steroid dienone is 1. The average Bonchev–Trinajstić information content (AvgIpc) is 2.90. The summed E-state index contributed by atoms with van der Waals surface area (Å²) < 4.78 is 5.61. The normalized spacial score (nSPS) is 20.2. The van der Waals surface area contributed by atoms with Crippen LogP contribution in [0.15, 0.2) is 35.9 Å². The van der Waals surface area contributed by atoms with Crippen molar-refractivity contribution in [3.63, 3.8) is 0 Å². The number of carboxylic acids is 1. The molecule has 23 heavy (non-hydrogen) atoms. The lowest BCUT2D eigenvalue weighted by Gasteiger charge is -2.20. The number of carbonyl (C=O) groups excluding carboxylic acids is 1. The summed E-state index contributed by atoms with van der Waals surface area (Å²) in [5, 5.41) is 9.27. The van der Waals surface area contributed by atoms with E-state index in [2.05, 4.69) is 0 Å². The van der Waals surface area contributed by atoms with Crippen LogP contribution in [0, 0.1) is 5.41 Å².